The monoisotopic (exact) mass is 310 g/mol. The molecule has 2 amide bonds. The lowest BCUT2D eigenvalue weighted by molar-refractivity contribution is 0.0697. The zero-order chi connectivity index (χ0) is 15.2. The van der Waals surface area contributed by atoms with Crippen LogP contribution in [-0.4, -0.2) is 23.7 Å². The molecule has 0 aromatic heterocycles. The van der Waals surface area contributed by atoms with Gasteiger partial charge >= 0.3 is 12.0 Å². The van der Waals surface area contributed by atoms with Gasteiger partial charge in [0.05, 0.1) is 16.3 Å². The Hall–Kier alpha value is -1.75. The van der Waals surface area contributed by atoms with Gasteiger partial charge in [-0.25, -0.2) is 9.59 Å². The SMILES string of the molecule is O=C(NCCC1CCCC1)Nc1cc(C(=O)O)ccc1Cl. The summed E-state index contributed by atoms with van der Waals surface area (Å²) in [4.78, 5) is 22.7. The van der Waals surface area contributed by atoms with Crippen molar-refractivity contribution in [1.82, 2.24) is 5.32 Å². The van der Waals surface area contributed by atoms with Crippen LogP contribution in [-0.2, 0) is 0 Å². The maximum absolute atomic E-state index is 11.8. The van der Waals surface area contributed by atoms with Crippen LogP contribution in [0.3, 0.4) is 0 Å². The Labute approximate surface area is 128 Å². The molecule has 0 unspecified atom stereocenters. The van der Waals surface area contributed by atoms with E-state index in [4.69, 9.17) is 16.7 Å². The highest BCUT2D eigenvalue weighted by Gasteiger charge is 2.15. The van der Waals surface area contributed by atoms with Gasteiger partial charge in [-0.1, -0.05) is 37.3 Å². The number of carbonyl (C=O) groups excluding carboxylic acids is 1. The van der Waals surface area contributed by atoms with E-state index < -0.39 is 5.97 Å². The molecule has 6 heteroatoms. The molecule has 1 saturated carbocycles. The summed E-state index contributed by atoms with van der Waals surface area (Å²) in [5.41, 5.74) is 0.385. The van der Waals surface area contributed by atoms with E-state index in [0.29, 0.717) is 23.2 Å². The van der Waals surface area contributed by atoms with Crippen LogP contribution in [0.5, 0.6) is 0 Å². The Kier molecular flexibility index (Phi) is 5.44. The van der Waals surface area contributed by atoms with Crippen molar-refractivity contribution in [3.8, 4) is 0 Å². The maximum atomic E-state index is 11.8. The normalized spacial score (nSPS) is 14.9. The summed E-state index contributed by atoms with van der Waals surface area (Å²) in [5, 5.41) is 14.6. The average molecular weight is 311 g/mol. The molecule has 1 aliphatic rings. The average Bonchev–Trinajstić information content (AvgIpc) is 2.94. The van der Waals surface area contributed by atoms with Gasteiger partial charge in [0.15, 0.2) is 0 Å². The van der Waals surface area contributed by atoms with Crippen LogP contribution in [0.15, 0.2) is 18.2 Å². The van der Waals surface area contributed by atoms with Crippen molar-refractivity contribution < 1.29 is 14.7 Å². The highest BCUT2D eigenvalue weighted by atomic mass is 35.5. The number of carboxylic acids is 1. The maximum Gasteiger partial charge on any atom is 0.335 e. The molecule has 2 rings (SSSR count). The van der Waals surface area contributed by atoms with Crippen LogP contribution in [0.4, 0.5) is 10.5 Å². The van der Waals surface area contributed by atoms with Crippen LogP contribution < -0.4 is 10.6 Å². The van der Waals surface area contributed by atoms with Gasteiger partial charge in [-0.15, -0.1) is 0 Å². The zero-order valence-electron chi connectivity index (χ0n) is 11.7. The quantitative estimate of drug-likeness (QED) is 0.775. The van der Waals surface area contributed by atoms with Crippen LogP contribution in [0.2, 0.25) is 5.02 Å². The zero-order valence-corrected chi connectivity index (χ0v) is 12.4. The molecule has 114 valence electrons. The fourth-order valence-electron chi connectivity index (χ4n) is 2.61. The third-order valence-corrected chi connectivity index (χ3v) is 4.10. The predicted molar refractivity (Wildman–Crippen MR) is 82.0 cm³/mol. The van der Waals surface area contributed by atoms with E-state index in [0.717, 1.165) is 6.42 Å². The van der Waals surface area contributed by atoms with Crippen molar-refractivity contribution in [3.05, 3.63) is 28.8 Å². The molecule has 0 aliphatic heterocycles. The Balaban J connectivity index is 1.84. The molecular weight excluding hydrogens is 292 g/mol. The Bertz CT molecular complexity index is 528. The first-order valence-corrected chi connectivity index (χ1v) is 7.52. The lowest BCUT2D eigenvalue weighted by Crippen LogP contribution is -2.30. The van der Waals surface area contributed by atoms with Crippen molar-refractivity contribution in [1.29, 1.82) is 0 Å². The number of urea groups is 1. The summed E-state index contributed by atoms with van der Waals surface area (Å²) in [6, 6.07) is 3.84. The summed E-state index contributed by atoms with van der Waals surface area (Å²) in [7, 11) is 0. The molecule has 0 spiro atoms. The largest absolute Gasteiger partial charge is 0.478 e. The first kappa shape index (κ1) is 15.6. The number of amides is 2. The van der Waals surface area contributed by atoms with Gasteiger partial charge in [0.2, 0.25) is 0 Å². The topological polar surface area (TPSA) is 78.4 Å². The summed E-state index contributed by atoms with van der Waals surface area (Å²) in [5.74, 6) is -0.347. The highest BCUT2D eigenvalue weighted by molar-refractivity contribution is 6.33. The van der Waals surface area contributed by atoms with E-state index >= 15 is 0 Å². The molecule has 1 aromatic rings. The van der Waals surface area contributed by atoms with Crippen molar-refractivity contribution in [3.63, 3.8) is 0 Å². The fraction of sp³-hybridized carbons (Fsp3) is 0.467. The summed E-state index contributed by atoms with van der Waals surface area (Å²) in [6.07, 6.45) is 6.05. The summed E-state index contributed by atoms with van der Waals surface area (Å²) in [6.45, 7) is 0.618. The van der Waals surface area contributed by atoms with E-state index in [9.17, 15) is 9.59 Å². The summed E-state index contributed by atoms with van der Waals surface area (Å²) < 4.78 is 0. The molecular formula is C15H19ClN2O3. The molecule has 0 bridgehead atoms. The minimum atomic E-state index is -1.06. The fourth-order valence-corrected chi connectivity index (χ4v) is 2.77. The van der Waals surface area contributed by atoms with E-state index in [-0.39, 0.29) is 11.6 Å². The van der Waals surface area contributed by atoms with Gasteiger partial charge in [-0.3, -0.25) is 0 Å². The third kappa shape index (κ3) is 4.63. The molecule has 1 aliphatic carbocycles. The van der Waals surface area contributed by atoms with Crippen LogP contribution in [0, 0.1) is 5.92 Å². The van der Waals surface area contributed by atoms with E-state index in [2.05, 4.69) is 10.6 Å². The Morgan fingerprint density at radius 1 is 1.29 bits per heavy atom. The molecule has 0 atom stereocenters. The third-order valence-electron chi connectivity index (χ3n) is 3.77. The Morgan fingerprint density at radius 3 is 2.67 bits per heavy atom. The molecule has 3 N–H and O–H groups in total. The second-order valence-electron chi connectivity index (χ2n) is 5.32. The van der Waals surface area contributed by atoms with Crippen molar-refractivity contribution in [2.24, 2.45) is 5.92 Å². The summed E-state index contributed by atoms with van der Waals surface area (Å²) >= 11 is 5.95. The van der Waals surface area contributed by atoms with Gasteiger partial charge in [0.1, 0.15) is 0 Å². The minimum Gasteiger partial charge on any atom is -0.478 e. The van der Waals surface area contributed by atoms with Crippen molar-refractivity contribution >= 4 is 29.3 Å². The number of halogens is 1. The van der Waals surface area contributed by atoms with Gasteiger partial charge in [-0.05, 0) is 30.5 Å². The highest BCUT2D eigenvalue weighted by Crippen LogP contribution is 2.27. The van der Waals surface area contributed by atoms with Crippen LogP contribution in [0.25, 0.3) is 0 Å². The first-order valence-electron chi connectivity index (χ1n) is 7.14. The van der Waals surface area contributed by atoms with Crippen LogP contribution >= 0.6 is 11.6 Å². The van der Waals surface area contributed by atoms with E-state index in [1.165, 1.54) is 43.9 Å². The van der Waals surface area contributed by atoms with Gasteiger partial charge < -0.3 is 15.7 Å². The second kappa shape index (κ2) is 7.31. The van der Waals surface area contributed by atoms with Gasteiger partial charge in [0.25, 0.3) is 0 Å². The lowest BCUT2D eigenvalue weighted by atomic mass is 10.0. The molecule has 21 heavy (non-hydrogen) atoms. The molecule has 5 nitrogen and oxygen atoms in total. The Morgan fingerprint density at radius 2 is 2.00 bits per heavy atom. The number of hydrogen-bond acceptors (Lipinski definition) is 2. The number of rotatable bonds is 5. The number of carboxylic acid groups (broad SMARTS) is 1. The number of carbonyl (C=O) groups is 2. The van der Waals surface area contributed by atoms with E-state index in [1.807, 2.05) is 0 Å². The van der Waals surface area contributed by atoms with Gasteiger partial charge in [0, 0.05) is 6.54 Å². The van der Waals surface area contributed by atoms with E-state index in [1.54, 1.807) is 0 Å². The van der Waals surface area contributed by atoms with Crippen LogP contribution in [0.1, 0.15) is 42.5 Å². The molecule has 0 radical (unpaired) electrons. The number of nitrogens with one attached hydrogen (secondary N) is 2. The molecule has 1 aromatic carbocycles. The number of aromatic carboxylic acids is 1. The lowest BCUT2D eigenvalue weighted by Gasteiger charge is -2.12. The number of benzene rings is 1. The minimum absolute atomic E-state index is 0.0839. The second-order valence-corrected chi connectivity index (χ2v) is 5.73. The van der Waals surface area contributed by atoms with Gasteiger partial charge in [-0.2, -0.15) is 0 Å². The van der Waals surface area contributed by atoms with Crippen molar-refractivity contribution in [2.75, 3.05) is 11.9 Å². The first-order chi connectivity index (χ1) is 10.1. The predicted octanol–water partition coefficient (Wildman–Crippen LogP) is 3.74. The van der Waals surface area contributed by atoms with Crippen molar-refractivity contribution in [2.45, 2.75) is 32.1 Å². The molecule has 1 fully saturated rings. The number of hydrogen-bond donors (Lipinski definition) is 3. The standard InChI is InChI=1S/C15H19ClN2O3/c16-12-6-5-11(14(19)20)9-13(12)18-15(21)17-8-7-10-3-1-2-4-10/h5-6,9-10H,1-4,7-8H2,(H,19,20)(H2,17,18,21). The number of anilines is 1. The smallest absolute Gasteiger partial charge is 0.335 e. The molecule has 0 heterocycles. The molecule has 0 saturated heterocycles.